The third-order valence-corrected chi connectivity index (χ3v) is 5.86. The van der Waals surface area contributed by atoms with E-state index in [1.807, 2.05) is 4.90 Å². The SMILES string of the molecule is O=c1nc(N2CCC3(CC2)OCCO3)sc2c([N+](=O)[O-])cc([N+](=O)[O-])cc12. The lowest BCUT2D eigenvalue weighted by Gasteiger charge is -2.37. The highest BCUT2D eigenvalue weighted by Gasteiger charge is 2.40. The minimum atomic E-state index is -0.768. The van der Waals surface area contributed by atoms with Crippen LogP contribution in [0.15, 0.2) is 16.9 Å². The van der Waals surface area contributed by atoms with Crippen molar-refractivity contribution in [3.63, 3.8) is 0 Å². The van der Waals surface area contributed by atoms with Gasteiger partial charge in [0.1, 0.15) is 4.70 Å². The molecule has 0 N–H and O–H groups in total. The van der Waals surface area contributed by atoms with E-state index in [1.165, 1.54) is 0 Å². The molecule has 2 aromatic rings. The molecule has 1 spiro atoms. The van der Waals surface area contributed by atoms with Gasteiger partial charge in [0.2, 0.25) is 0 Å². The van der Waals surface area contributed by atoms with E-state index in [2.05, 4.69) is 4.98 Å². The quantitative estimate of drug-likeness (QED) is 0.563. The number of aromatic nitrogens is 1. The first kappa shape index (κ1) is 17.7. The summed E-state index contributed by atoms with van der Waals surface area (Å²) in [6.07, 6.45) is 1.19. The molecule has 3 heterocycles. The van der Waals surface area contributed by atoms with Crippen molar-refractivity contribution in [3.05, 3.63) is 42.7 Å². The maximum Gasteiger partial charge on any atom is 0.294 e. The number of piperidine rings is 1. The second-order valence-electron chi connectivity index (χ2n) is 6.25. The Morgan fingerprint density at radius 1 is 1.11 bits per heavy atom. The van der Waals surface area contributed by atoms with Gasteiger partial charge in [-0.15, -0.1) is 0 Å². The van der Waals surface area contributed by atoms with E-state index in [0.717, 1.165) is 23.5 Å². The Labute approximate surface area is 155 Å². The summed E-state index contributed by atoms with van der Waals surface area (Å²) in [5.41, 5.74) is -1.71. The van der Waals surface area contributed by atoms with Crippen LogP contribution in [-0.4, -0.2) is 46.9 Å². The highest BCUT2D eigenvalue weighted by Crippen LogP contribution is 2.37. The van der Waals surface area contributed by atoms with Crippen molar-refractivity contribution in [2.75, 3.05) is 31.2 Å². The number of ether oxygens (including phenoxy) is 2. The fraction of sp³-hybridized carbons (Fsp3) is 0.467. The summed E-state index contributed by atoms with van der Waals surface area (Å²) in [5, 5.41) is 22.6. The second-order valence-corrected chi connectivity index (χ2v) is 7.23. The predicted octanol–water partition coefficient (Wildman–Crippen LogP) is 1.82. The molecule has 2 aliphatic rings. The summed E-state index contributed by atoms with van der Waals surface area (Å²) < 4.78 is 11.4. The molecule has 2 aliphatic heterocycles. The van der Waals surface area contributed by atoms with Gasteiger partial charge in [-0.05, 0) is 0 Å². The number of non-ortho nitro benzene ring substituents is 2. The number of benzene rings is 1. The number of rotatable bonds is 3. The van der Waals surface area contributed by atoms with E-state index in [0.29, 0.717) is 44.3 Å². The zero-order valence-corrected chi connectivity index (χ0v) is 14.8. The molecule has 0 unspecified atom stereocenters. The second kappa shape index (κ2) is 6.48. The van der Waals surface area contributed by atoms with Crippen LogP contribution in [0.2, 0.25) is 0 Å². The van der Waals surface area contributed by atoms with Gasteiger partial charge in [0.15, 0.2) is 10.9 Å². The Bertz CT molecular complexity index is 992. The van der Waals surface area contributed by atoms with E-state index >= 15 is 0 Å². The van der Waals surface area contributed by atoms with Crippen molar-refractivity contribution < 1.29 is 19.3 Å². The lowest BCUT2D eigenvalue weighted by molar-refractivity contribution is -0.392. The van der Waals surface area contributed by atoms with Gasteiger partial charge in [0.05, 0.1) is 34.5 Å². The number of anilines is 1. The van der Waals surface area contributed by atoms with Crippen LogP contribution in [0.3, 0.4) is 0 Å². The smallest absolute Gasteiger partial charge is 0.294 e. The van der Waals surface area contributed by atoms with Crippen molar-refractivity contribution >= 4 is 37.9 Å². The summed E-state index contributed by atoms with van der Waals surface area (Å²) in [6, 6.07) is 1.90. The summed E-state index contributed by atoms with van der Waals surface area (Å²) in [7, 11) is 0. The van der Waals surface area contributed by atoms with Gasteiger partial charge in [-0.25, -0.2) is 0 Å². The average Bonchev–Trinajstić information content (AvgIpc) is 3.09. The predicted molar refractivity (Wildman–Crippen MR) is 95.3 cm³/mol. The zero-order chi connectivity index (χ0) is 19.2. The van der Waals surface area contributed by atoms with Crippen molar-refractivity contribution in [3.8, 4) is 0 Å². The van der Waals surface area contributed by atoms with Crippen LogP contribution < -0.4 is 10.5 Å². The number of fused-ring (bicyclic) bond motifs is 1. The number of nitro groups is 2. The van der Waals surface area contributed by atoms with Crippen LogP contribution in [0.4, 0.5) is 16.5 Å². The van der Waals surface area contributed by atoms with Crippen LogP contribution in [0, 0.1) is 20.2 Å². The first-order valence-corrected chi connectivity index (χ1v) is 9.01. The van der Waals surface area contributed by atoms with Crippen molar-refractivity contribution in [1.29, 1.82) is 0 Å². The van der Waals surface area contributed by atoms with Crippen LogP contribution in [-0.2, 0) is 9.47 Å². The summed E-state index contributed by atoms with van der Waals surface area (Å²) >= 11 is 0.983. The third kappa shape index (κ3) is 3.11. The molecule has 11 nitrogen and oxygen atoms in total. The van der Waals surface area contributed by atoms with Gasteiger partial charge in [0.25, 0.3) is 16.9 Å². The maximum absolute atomic E-state index is 12.4. The summed E-state index contributed by atoms with van der Waals surface area (Å²) in [5.74, 6) is -0.592. The van der Waals surface area contributed by atoms with Crippen molar-refractivity contribution in [2.45, 2.75) is 18.6 Å². The Morgan fingerprint density at radius 2 is 1.78 bits per heavy atom. The molecule has 1 aromatic carbocycles. The highest BCUT2D eigenvalue weighted by atomic mass is 32.1. The normalized spacial score (nSPS) is 18.9. The lowest BCUT2D eigenvalue weighted by atomic mass is 10.0. The number of nitrogens with zero attached hydrogens (tertiary/aromatic N) is 4. The maximum atomic E-state index is 12.4. The Morgan fingerprint density at radius 3 is 2.37 bits per heavy atom. The molecule has 0 atom stereocenters. The van der Waals surface area contributed by atoms with Crippen molar-refractivity contribution in [1.82, 2.24) is 4.98 Å². The molecule has 12 heteroatoms. The number of nitro benzene ring substituents is 2. The van der Waals surface area contributed by atoms with E-state index in [1.54, 1.807) is 0 Å². The molecule has 142 valence electrons. The van der Waals surface area contributed by atoms with Crippen molar-refractivity contribution in [2.24, 2.45) is 0 Å². The Hall–Kier alpha value is -2.70. The number of hydrogen-bond acceptors (Lipinski definition) is 10. The molecule has 0 radical (unpaired) electrons. The van der Waals surface area contributed by atoms with Crippen LogP contribution >= 0.6 is 11.3 Å². The zero-order valence-electron chi connectivity index (χ0n) is 14.0. The summed E-state index contributed by atoms with van der Waals surface area (Å²) in [4.78, 5) is 39.2. The number of hydrogen-bond donors (Lipinski definition) is 0. The molecule has 2 saturated heterocycles. The molecule has 1 aromatic heterocycles. The molecular weight excluding hydrogens is 380 g/mol. The van der Waals surface area contributed by atoms with Crippen LogP contribution in [0.1, 0.15) is 12.8 Å². The topological polar surface area (TPSA) is 138 Å². The first-order chi connectivity index (χ1) is 12.9. The standard InChI is InChI=1S/C15H14N4O7S/c20-13-10-7-9(18(21)22)8-11(19(23)24)12(10)27-14(16-13)17-3-1-15(2-4-17)25-5-6-26-15/h7-8H,1-6H2. The van der Waals surface area contributed by atoms with E-state index in [-0.39, 0.29) is 10.1 Å². The van der Waals surface area contributed by atoms with E-state index in [9.17, 15) is 25.0 Å². The van der Waals surface area contributed by atoms with Crippen LogP contribution in [0.5, 0.6) is 0 Å². The molecule has 0 amide bonds. The van der Waals surface area contributed by atoms with Crippen LogP contribution in [0.25, 0.3) is 10.1 Å². The van der Waals surface area contributed by atoms with Gasteiger partial charge < -0.3 is 14.4 Å². The highest BCUT2D eigenvalue weighted by molar-refractivity contribution is 7.22. The van der Waals surface area contributed by atoms with E-state index in [4.69, 9.17) is 9.47 Å². The van der Waals surface area contributed by atoms with Gasteiger partial charge >= 0.3 is 0 Å². The molecule has 0 bridgehead atoms. The molecule has 4 rings (SSSR count). The molecular formula is C15H14N4O7S. The third-order valence-electron chi connectivity index (χ3n) is 4.69. The van der Waals surface area contributed by atoms with Gasteiger partial charge in [-0.1, -0.05) is 11.3 Å². The largest absolute Gasteiger partial charge is 0.348 e. The minimum Gasteiger partial charge on any atom is -0.348 e. The van der Waals surface area contributed by atoms with Gasteiger partial charge in [-0.2, -0.15) is 4.98 Å². The fourth-order valence-corrected chi connectivity index (χ4v) is 4.44. The summed E-state index contributed by atoms with van der Waals surface area (Å²) in [6.45, 7) is 2.14. The lowest BCUT2D eigenvalue weighted by Crippen LogP contribution is -2.45. The first-order valence-electron chi connectivity index (χ1n) is 8.19. The van der Waals surface area contributed by atoms with Gasteiger partial charge in [0, 0.05) is 32.0 Å². The van der Waals surface area contributed by atoms with Gasteiger partial charge in [-0.3, -0.25) is 25.0 Å². The molecule has 0 aliphatic carbocycles. The fourth-order valence-electron chi connectivity index (χ4n) is 3.33. The average molecular weight is 394 g/mol. The molecule has 2 fully saturated rings. The Balaban J connectivity index is 1.74. The van der Waals surface area contributed by atoms with E-state index < -0.39 is 32.6 Å². The minimum absolute atomic E-state index is 0.0780. The Kier molecular flexibility index (Phi) is 4.25. The monoisotopic (exact) mass is 394 g/mol. The molecule has 0 saturated carbocycles. The molecule has 27 heavy (non-hydrogen) atoms.